The van der Waals surface area contributed by atoms with Crippen LogP contribution in [0.1, 0.15) is 24.2 Å². The Hall–Kier alpha value is -0.930. The van der Waals surface area contributed by atoms with Gasteiger partial charge in [0.1, 0.15) is 0 Å². The summed E-state index contributed by atoms with van der Waals surface area (Å²) < 4.78 is 0. The third-order valence-electron chi connectivity index (χ3n) is 1.77. The number of hydrogen-bond acceptors (Lipinski definition) is 3. The van der Waals surface area contributed by atoms with Crippen LogP contribution >= 0.6 is 0 Å². The minimum Gasteiger partial charge on any atom is -0.396 e. The number of hydrogen-bond donors (Lipinski definition) is 2. The molecule has 0 saturated carbocycles. The molecule has 66 valence electrons. The Morgan fingerprint density at radius 2 is 2.17 bits per heavy atom. The van der Waals surface area contributed by atoms with Crippen molar-refractivity contribution in [2.24, 2.45) is 0 Å². The van der Waals surface area contributed by atoms with Gasteiger partial charge >= 0.3 is 0 Å². The van der Waals surface area contributed by atoms with E-state index in [4.69, 9.17) is 10.2 Å². The number of aromatic nitrogens is 1. The van der Waals surface area contributed by atoms with Crippen LogP contribution in [0.2, 0.25) is 0 Å². The first-order valence-electron chi connectivity index (χ1n) is 3.95. The van der Waals surface area contributed by atoms with Crippen molar-refractivity contribution in [3.8, 4) is 0 Å². The summed E-state index contributed by atoms with van der Waals surface area (Å²) in [6, 6.07) is 5.44. The van der Waals surface area contributed by atoms with Crippen LogP contribution in [0.4, 0.5) is 0 Å². The first-order valence-corrected chi connectivity index (χ1v) is 3.95. The lowest BCUT2D eigenvalue weighted by Crippen LogP contribution is -2.03. The van der Waals surface area contributed by atoms with E-state index < -0.39 is 0 Å². The van der Waals surface area contributed by atoms with Crippen LogP contribution in [-0.4, -0.2) is 21.8 Å². The van der Waals surface area contributed by atoms with Crippen LogP contribution in [0.5, 0.6) is 0 Å². The van der Waals surface area contributed by atoms with Gasteiger partial charge in [0.15, 0.2) is 0 Å². The standard InChI is InChI=1S/C9H13NO2/c1-7(5-11)9-4-2-3-8(6-12)10-9/h2-4,7,11-12H,5-6H2,1H3. The molecular weight excluding hydrogens is 154 g/mol. The maximum absolute atomic E-state index is 8.85. The zero-order chi connectivity index (χ0) is 8.97. The van der Waals surface area contributed by atoms with Gasteiger partial charge in [-0.1, -0.05) is 13.0 Å². The second-order valence-electron chi connectivity index (χ2n) is 2.80. The predicted octanol–water partition coefficient (Wildman–Crippen LogP) is 0.670. The molecule has 0 amide bonds. The van der Waals surface area contributed by atoms with Crippen LogP contribution < -0.4 is 0 Å². The molecule has 1 aromatic heterocycles. The SMILES string of the molecule is CC(CO)c1cccc(CO)n1. The highest BCUT2D eigenvalue weighted by atomic mass is 16.3. The normalized spacial score (nSPS) is 12.9. The Balaban J connectivity index is 2.86. The van der Waals surface area contributed by atoms with Crippen molar-refractivity contribution >= 4 is 0 Å². The van der Waals surface area contributed by atoms with Crippen molar-refractivity contribution in [2.75, 3.05) is 6.61 Å². The largest absolute Gasteiger partial charge is 0.396 e. The second kappa shape index (κ2) is 4.18. The van der Waals surface area contributed by atoms with E-state index in [0.717, 1.165) is 5.69 Å². The monoisotopic (exact) mass is 167 g/mol. The number of aliphatic hydroxyl groups is 2. The molecule has 12 heavy (non-hydrogen) atoms. The van der Waals surface area contributed by atoms with Gasteiger partial charge in [-0.15, -0.1) is 0 Å². The third kappa shape index (κ3) is 2.03. The Labute approximate surface area is 71.7 Å². The molecule has 1 heterocycles. The average molecular weight is 167 g/mol. The second-order valence-corrected chi connectivity index (χ2v) is 2.80. The Bertz CT molecular complexity index is 250. The predicted molar refractivity (Wildman–Crippen MR) is 45.7 cm³/mol. The quantitative estimate of drug-likeness (QED) is 0.695. The zero-order valence-corrected chi connectivity index (χ0v) is 7.07. The van der Waals surface area contributed by atoms with E-state index in [0.29, 0.717) is 5.69 Å². The summed E-state index contributed by atoms with van der Waals surface area (Å²) in [5, 5.41) is 17.6. The van der Waals surface area contributed by atoms with Crippen molar-refractivity contribution < 1.29 is 10.2 Å². The molecule has 3 nitrogen and oxygen atoms in total. The molecule has 0 aliphatic carbocycles. The van der Waals surface area contributed by atoms with E-state index in [1.807, 2.05) is 19.1 Å². The lowest BCUT2D eigenvalue weighted by Gasteiger charge is -2.07. The lowest BCUT2D eigenvalue weighted by molar-refractivity contribution is 0.265. The van der Waals surface area contributed by atoms with Gasteiger partial charge in [0.25, 0.3) is 0 Å². The van der Waals surface area contributed by atoms with Gasteiger partial charge in [-0.2, -0.15) is 0 Å². The molecule has 1 atom stereocenters. The van der Waals surface area contributed by atoms with Crippen molar-refractivity contribution in [1.29, 1.82) is 0 Å². The molecule has 0 spiro atoms. The van der Waals surface area contributed by atoms with Gasteiger partial charge in [-0.25, -0.2) is 0 Å². The lowest BCUT2D eigenvalue weighted by atomic mass is 10.1. The molecule has 1 aromatic rings. The smallest absolute Gasteiger partial charge is 0.0853 e. The average Bonchev–Trinajstić information content (AvgIpc) is 2.17. The number of rotatable bonds is 3. The molecule has 0 fully saturated rings. The highest BCUT2D eigenvalue weighted by molar-refractivity contribution is 5.13. The summed E-state index contributed by atoms with van der Waals surface area (Å²) in [4.78, 5) is 4.15. The van der Waals surface area contributed by atoms with Crippen molar-refractivity contribution in [3.05, 3.63) is 29.6 Å². The summed E-state index contributed by atoms with van der Waals surface area (Å²) in [5.74, 6) is 0.0384. The van der Waals surface area contributed by atoms with E-state index in [2.05, 4.69) is 4.98 Å². The molecule has 1 rings (SSSR count). The molecule has 0 radical (unpaired) electrons. The van der Waals surface area contributed by atoms with Gasteiger partial charge in [0.2, 0.25) is 0 Å². The van der Waals surface area contributed by atoms with Crippen LogP contribution in [0.3, 0.4) is 0 Å². The van der Waals surface area contributed by atoms with Gasteiger partial charge < -0.3 is 10.2 Å². The Morgan fingerprint density at radius 3 is 2.75 bits per heavy atom. The molecule has 2 N–H and O–H groups in total. The van der Waals surface area contributed by atoms with Crippen LogP contribution in [-0.2, 0) is 6.61 Å². The summed E-state index contributed by atoms with van der Waals surface area (Å²) >= 11 is 0. The molecule has 3 heteroatoms. The minimum atomic E-state index is -0.0496. The highest BCUT2D eigenvalue weighted by Crippen LogP contribution is 2.11. The van der Waals surface area contributed by atoms with Crippen molar-refractivity contribution in [2.45, 2.75) is 19.4 Å². The summed E-state index contributed by atoms with van der Waals surface area (Å²) in [7, 11) is 0. The van der Waals surface area contributed by atoms with Crippen LogP contribution in [0, 0.1) is 0 Å². The summed E-state index contributed by atoms with van der Waals surface area (Å²) in [6.45, 7) is 1.93. The number of pyridine rings is 1. The van der Waals surface area contributed by atoms with Gasteiger partial charge in [-0.3, -0.25) is 4.98 Å². The fraction of sp³-hybridized carbons (Fsp3) is 0.444. The molecule has 0 saturated heterocycles. The van der Waals surface area contributed by atoms with E-state index in [1.165, 1.54) is 0 Å². The maximum Gasteiger partial charge on any atom is 0.0853 e. The summed E-state index contributed by atoms with van der Waals surface area (Å²) in [6.07, 6.45) is 0. The maximum atomic E-state index is 8.85. The third-order valence-corrected chi connectivity index (χ3v) is 1.77. The fourth-order valence-electron chi connectivity index (χ4n) is 0.954. The number of aliphatic hydroxyl groups excluding tert-OH is 2. The fourth-order valence-corrected chi connectivity index (χ4v) is 0.954. The molecule has 0 aliphatic heterocycles. The topological polar surface area (TPSA) is 53.4 Å². The van der Waals surface area contributed by atoms with E-state index in [9.17, 15) is 0 Å². The Kier molecular flexibility index (Phi) is 3.19. The van der Waals surface area contributed by atoms with Gasteiger partial charge in [0, 0.05) is 11.6 Å². The molecule has 1 unspecified atom stereocenters. The minimum absolute atomic E-state index is 0.0384. The zero-order valence-electron chi connectivity index (χ0n) is 7.07. The first-order chi connectivity index (χ1) is 5.77. The first kappa shape index (κ1) is 9.16. The molecule has 0 bridgehead atoms. The van der Waals surface area contributed by atoms with Gasteiger partial charge in [0.05, 0.1) is 18.9 Å². The molecule has 0 aliphatic rings. The highest BCUT2D eigenvalue weighted by Gasteiger charge is 2.04. The van der Waals surface area contributed by atoms with Crippen LogP contribution in [0.25, 0.3) is 0 Å². The van der Waals surface area contributed by atoms with Gasteiger partial charge in [-0.05, 0) is 12.1 Å². The van der Waals surface area contributed by atoms with E-state index in [1.54, 1.807) is 6.07 Å². The molecular formula is C9H13NO2. The van der Waals surface area contributed by atoms with Crippen molar-refractivity contribution in [1.82, 2.24) is 4.98 Å². The van der Waals surface area contributed by atoms with Crippen molar-refractivity contribution in [3.63, 3.8) is 0 Å². The molecule has 0 aromatic carbocycles. The van der Waals surface area contributed by atoms with E-state index in [-0.39, 0.29) is 19.1 Å². The van der Waals surface area contributed by atoms with E-state index >= 15 is 0 Å². The number of nitrogens with zero attached hydrogens (tertiary/aromatic N) is 1. The van der Waals surface area contributed by atoms with Crippen LogP contribution in [0.15, 0.2) is 18.2 Å². The Morgan fingerprint density at radius 1 is 1.42 bits per heavy atom. The summed E-state index contributed by atoms with van der Waals surface area (Å²) in [5.41, 5.74) is 1.47.